The first-order valence-corrected chi connectivity index (χ1v) is 7.85. The Hall–Kier alpha value is -3.35. The molecule has 2 aromatic carbocycles. The quantitative estimate of drug-likeness (QED) is 0.533. The highest BCUT2D eigenvalue weighted by Crippen LogP contribution is 2.26. The van der Waals surface area contributed by atoms with E-state index in [1.54, 1.807) is 23.0 Å². The minimum Gasteiger partial charge on any atom is -0.504 e. The Morgan fingerprint density at radius 3 is 3.04 bits per heavy atom. The van der Waals surface area contributed by atoms with E-state index in [4.69, 9.17) is 4.74 Å². The van der Waals surface area contributed by atoms with E-state index >= 15 is 0 Å². The zero-order valence-electron chi connectivity index (χ0n) is 13.7. The number of benzene rings is 2. The first-order chi connectivity index (χ1) is 12.2. The van der Waals surface area contributed by atoms with Crippen LogP contribution in [-0.4, -0.2) is 33.4 Å². The molecule has 0 fully saturated rings. The number of amides is 1. The van der Waals surface area contributed by atoms with Crippen molar-refractivity contribution in [3.05, 3.63) is 54.4 Å². The molecule has 0 radical (unpaired) electrons. The van der Waals surface area contributed by atoms with Gasteiger partial charge >= 0.3 is 0 Å². The molecule has 0 unspecified atom stereocenters. The van der Waals surface area contributed by atoms with E-state index in [-0.39, 0.29) is 18.2 Å². The van der Waals surface area contributed by atoms with E-state index in [0.717, 1.165) is 11.0 Å². The van der Waals surface area contributed by atoms with Gasteiger partial charge in [0.25, 0.3) is 5.91 Å². The summed E-state index contributed by atoms with van der Waals surface area (Å²) in [6.07, 6.45) is 3.12. The van der Waals surface area contributed by atoms with Gasteiger partial charge in [0.05, 0.1) is 30.2 Å². The topological polar surface area (TPSA) is 88.7 Å². The molecule has 3 rings (SSSR count). The van der Waals surface area contributed by atoms with Crippen LogP contribution in [0, 0.1) is 0 Å². The average molecular weight is 338 g/mol. The molecule has 0 saturated heterocycles. The number of aromatic nitrogens is 2. The molecule has 0 spiro atoms. The van der Waals surface area contributed by atoms with E-state index in [1.807, 2.05) is 31.2 Å². The molecule has 0 aliphatic rings. The molecule has 1 heterocycles. The van der Waals surface area contributed by atoms with Crippen LogP contribution in [0.5, 0.6) is 11.5 Å². The Morgan fingerprint density at radius 2 is 2.20 bits per heavy atom. The van der Waals surface area contributed by atoms with Crippen molar-refractivity contribution in [2.75, 3.05) is 6.61 Å². The zero-order valence-corrected chi connectivity index (χ0v) is 13.7. The van der Waals surface area contributed by atoms with Crippen molar-refractivity contribution < 1.29 is 14.6 Å². The van der Waals surface area contributed by atoms with Gasteiger partial charge in [-0.1, -0.05) is 12.1 Å². The van der Waals surface area contributed by atoms with Gasteiger partial charge in [0.2, 0.25) is 0 Å². The van der Waals surface area contributed by atoms with Gasteiger partial charge in [-0.3, -0.25) is 4.79 Å². The largest absolute Gasteiger partial charge is 0.504 e. The summed E-state index contributed by atoms with van der Waals surface area (Å²) in [5.74, 6) is 0.181. The predicted octanol–water partition coefficient (Wildman–Crippen LogP) is 2.29. The number of rotatable bonds is 6. The van der Waals surface area contributed by atoms with E-state index in [9.17, 15) is 9.90 Å². The lowest BCUT2D eigenvalue weighted by Crippen LogP contribution is -2.22. The molecular formula is C18H18N4O3. The van der Waals surface area contributed by atoms with Crippen LogP contribution in [0.15, 0.2) is 53.9 Å². The summed E-state index contributed by atoms with van der Waals surface area (Å²) in [6, 6.07) is 12.4. The number of imidazole rings is 1. The smallest absolute Gasteiger partial charge is 0.260 e. The third kappa shape index (κ3) is 3.95. The van der Waals surface area contributed by atoms with E-state index in [1.165, 1.54) is 12.3 Å². The van der Waals surface area contributed by atoms with Gasteiger partial charge in [0, 0.05) is 0 Å². The molecule has 0 aliphatic heterocycles. The number of fused-ring (bicyclic) bond motifs is 1. The highest BCUT2D eigenvalue weighted by molar-refractivity contribution is 5.84. The Labute approximate surface area is 144 Å². The predicted molar refractivity (Wildman–Crippen MR) is 94.7 cm³/mol. The normalized spacial score (nSPS) is 11.1. The number of nitrogens with zero attached hydrogens (tertiary/aromatic N) is 3. The lowest BCUT2D eigenvalue weighted by Gasteiger charge is -2.06. The van der Waals surface area contributed by atoms with Crippen molar-refractivity contribution in [3.63, 3.8) is 0 Å². The number of hydrogen-bond donors (Lipinski definition) is 2. The molecule has 128 valence electrons. The fourth-order valence-corrected chi connectivity index (χ4v) is 2.39. The van der Waals surface area contributed by atoms with Crippen LogP contribution in [0.25, 0.3) is 11.0 Å². The first kappa shape index (κ1) is 16.5. The number of hydrogen-bond acceptors (Lipinski definition) is 5. The monoisotopic (exact) mass is 338 g/mol. The van der Waals surface area contributed by atoms with Crippen molar-refractivity contribution in [1.29, 1.82) is 0 Å². The van der Waals surface area contributed by atoms with Gasteiger partial charge in [-0.15, -0.1) is 0 Å². The van der Waals surface area contributed by atoms with E-state index in [2.05, 4.69) is 15.5 Å². The molecule has 0 atom stereocenters. The van der Waals surface area contributed by atoms with Crippen molar-refractivity contribution >= 4 is 23.2 Å². The number of ether oxygens (including phenoxy) is 1. The lowest BCUT2D eigenvalue weighted by atomic mass is 10.2. The standard InChI is InChI=1S/C18H18N4O3/c1-2-25-17-9-13(7-8-16(17)23)10-20-21-18(24)11-22-12-19-14-5-3-4-6-15(14)22/h3-10,12,23H,2,11H2,1H3,(H,21,24). The van der Waals surface area contributed by atoms with Crippen LogP contribution < -0.4 is 10.2 Å². The Morgan fingerprint density at radius 1 is 1.36 bits per heavy atom. The highest BCUT2D eigenvalue weighted by Gasteiger charge is 2.06. The van der Waals surface area contributed by atoms with Crippen molar-refractivity contribution in [3.8, 4) is 11.5 Å². The van der Waals surface area contributed by atoms with Gasteiger partial charge in [0.15, 0.2) is 11.5 Å². The van der Waals surface area contributed by atoms with Gasteiger partial charge in [-0.2, -0.15) is 5.10 Å². The van der Waals surface area contributed by atoms with Gasteiger partial charge in [-0.25, -0.2) is 10.4 Å². The van der Waals surface area contributed by atoms with Crippen LogP contribution in [0.4, 0.5) is 0 Å². The number of nitrogens with one attached hydrogen (secondary N) is 1. The third-order valence-electron chi connectivity index (χ3n) is 3.53. The van der Waals surface area contributed by atoms with Crippen LogP contribution in [0.3, 0.4) is 0 Å². The van der Waals surface area contributed by atoms with E-state index < -0.39 is 0 Å². The van der Waals surface area contributed by atoms with Crippen molar-refractivity contribution in [2.45, 2.75) is 13.5 Å². The molecule has 3 aromatic rings. The van der Waals surface area contributed by atoms with Crippen molar-refractivity contribution in [1.82, 2.24) is 15.0 Å². The van der Waals surface area contributed by atoms with Crippen LogP contribution >= 0.6 is 0 Å². The second-order valence-electron chi connectivity index (χ2n) is 5.31. The molecular weight excluding hydrogens is 320 g/mol. The number of carbonyl (C=O) groups is 1. The number of phenolic OH excluding ortho intramolecular Hbond substituents is 1. The lowest BCUT2D eigenvalue weighted by molar-refractivity contribution is -0.121. The first-order valence-electron chi connectivity index (χ1n) is 7.85. The third-order valence-corrected chi connectivity index (χ3v) is 3.53. The molecule has 0 bridgehead atoms. The maximum absolute atomic E-state index is 12.0. The maximum atomic E-state index is 12.0. The fourth-order valence-electron chi connectivity index (χ4n) is 2.39. The van der Waals surface area contributed by atoms with Crippen LogP contribution in [0.1, 0.15) is 12.5 Å². The van der Waals surface area contributed by atoms with Crippen LogP contribution in [0.2, 0.25) is 0 Å². The summed E-state index contributed by atoms with van der Waals surface area (Å²) in [4.78, 5) is 16.3. The number of carbonyl (C=O) groups excluding carboxylic acids is 1. The SMILES string of the molecule is CCOc1cc(C=NNC(=O)Cn2cnc3ccccc32)ccc1O. The molecule has 2 N–H and O–H groups in total. The Bertz CT molecular complexity index is 918. The molecule has 0 saturated carbocycles. The van der Waals surface area contributed by atoms with Crippen molar-refractivity contribution in [2.24, 2.45) is 5.10 Å². The Kier molecular flexibility index (Phi) is 4.94. The highest BCUT2D eigenvalue weighted by atomic mass is 16.5. The average Bonchev–Trinajstić information content (AvgIpc) is 3.01. The molecule has 1 amide bonds. The van der Waals surface area contributed by atoms with Gasteiger partial charge in [-0.05, 0) is 42.8 Å². The van der Waals surface area contributed by atoms with Gasteiger partial charge in [0.1, 0.15) is 6.54 Å². The molecule has 0 aliphatic carbocycles. The second-order valence-corrected chi connectivity index (χ2v) is 5.31. The Balaban J connectivity index is 1.62. The minimum absolute atomic E-state index is 0.0648. The number of phenols is 1. The summed E-state index contributed by atoms with van der Waals surface area (Å²) in [7, 11) is 0. The molecule has 1 aromatic heterocycles. The molecule has 7 heteroatoms. The van der Waals surface area contributed by atoms with Gasteiger partial charge < -0.3 is 14.4 Å². The number of para-hydroxylation sites is 2. The maximum Gasteiger partial charge on any atom is 0.260 e. The summed E-state index contributed by atoms with van der Waals surface area (Å²) >= 11 is 0. The number of aromatic hydroxyl groups is 1. The molecule has 7 nitrogen and oxygen atoms in total. The summed E-state index contributed by atoms with van der Waals surface area (Å²) in [5.41, 5.74) is 4.91. The van der Waals surface area contributed by atoms with Crippen LogP contribution in [-0.2, 0) is 11.3 Å². The minimum atomic E-state index is -0.261. The molecule has 25 heavy (non-hydrogen) atoms. The van der Waals surface area contributed by atoms with E-state index in [0.29, 0.717) is 17.9 Å². The fraction of sp³-hybridized carbons (Fsp3) is 0.167. The second kappa shape index (κ2) is 7.48. The summed E-state index contributed by atoms with van der Waals surface area (Å²) in [6.45, 7) is 2.40. The summed E-state index contributed by atoms with van der Waals surface area (Å²) < 4.78 is 7.06. The zero-order chi connectivity index (χ0) is 17.6. The number of hydrazone groups is 1. The summed E-state index contributed by atoms with van der Waals surface area (Å²) in [5, 5.41) is 13.6.